The molecule has 0 amide bonds. The average molecular weight is 443 g/mol. The summed E-state index contributed by atoms with van der Waals surface area (Å²) in [6, 6.07) is 7.09. The Balaban J connectivity index is 1.35. The van der Waals surface area contributed by atoms with Gasteiger partial charge in [0.1, 0.15) is 17.2 Å². The predicted molar refractivity (Wildman–Crippen MR) is 121 cm³/mol. The van der Waals surface area contributed by atoms with Crippen molar-refractivity contribution in [2.24, 2.45) is 11.1 Å². The fourth-order valence-corrected chi connectivity index (χ4v) is 5.38. The maximum Gasteiger partial charge on any atom is 0.324 e. The first-order valence-corrected chi connectivity index (χ1v) is 11.2. The molecule has 8 heteroatoms. The predicted octanol–water partition coefficient (Wildman–Crippen LogP) is 4.36. The molecule has 166 valence electrons. The van der Waals surface area contributed by atoms with Gasteiger partial charge in [0.2, 0.25) is 0 Å². The molecule has 2 N–H and O–H groups in total. The van der Waals surface area contributed by atoms with E-state index in [-0.39, 0.29) is 23.3 Å². The lowest BCUT2D eigenvalue weighted by molar-refractivity contribution is 0.438. The summed E-state index contributed by atoms with van der Waals surface area (Å²) in [7, 11) is 0. The average Bonchev–Trinajstić information content (AvgIpc) is 3.11. The zero-order valence-corrected chi connectivity index (χ0v) is 18.1. The number of rotatable bonds is 3. The molecule has 0 radical (unpaired) electrons. The smallest absolute Gasteiger partial charge is 0.324 e. The van der Waals surface area contributed by atoms with E-state index in [9.17, 15) is 4.39 Å². The van der Waals surface area contributed by atoms with Crippen molar-refractivity contribution in [3.05, 3.63) is 59.4 Å². The lowest BCUT2D eigenvalue weighted by atomic mass is 10.0. The lowest BCUT2D eigenvalue weighted by Gasteiger charge is -2.21. The SMILES string of the molecule is Cc1cc(F)cc2c1Cc1nc(Oc3cnc4ccoc4c3)nc(N3C[C@H](N)C4(CC4)C3)c1-2. The Morgan fingerprint density at radius 1 is 1.24 bits per heavy atom. The molecule has 4 heterocycles. The van der Waals surface area contributed by atoms with Crippen LogP contribution in [0.2, 0.25) is 0 Å². The summed E-state index contributed by atoms with van der Waals surface area (Å²) in [6.07, 6.45) is 6.12. The van der Waals surface area contributed by atoms with Crippen LogP contribution in [0.4, 0.5) is 10.2 Å². The van der Waals surface area contributed by atoms with E-state index in [1.165, 1.54) is 0 Å². The second kappa shape index (κ2) is 6.51. The van der Waals surface area contributed by atoms with Gasteiger partial charge >= 0.3 is 6.01 Å². The highest BCUT2D eigenvalue weighted by Gasteiger charge is 2.54. The summed E-state index contributed by atoms with van der Waals surface area (Å²) in [5.41, 5.74) is 12.7. The Morgan fingerprint density at radius 2 is 2.12 bits per heavy atom. The topological polar surface area (TPSA) is 90.3 Å². The third kappa shape index (κ3) is 2.87. The molecule has 4 aromatic rings. The number of halogens is 1. The molecule has 1 aliphatic heterocycles. The molecule has 0 bridgehead atoms. The van der Waals surface area contributed by atoms with E-state index in [1.54, 1.807) is 36.7 Å². The minimum atomic E-state index is -0.250. The first kappa shape index (κ1) is 19.0. The molecule has 3 aliphatic rings. The van der Waals surface area contributed by atoms with Gasteiger partial charge in [-0.2, -0.15) is 9.97 Å². The molecule has 7 rings (SSSR count). The number of nitrogens with zero attached hydrogens (tertiary/aromatic N) is 4. The monoisotopic (exact) mass is 443 g/mol. The zero-order chi connectivity index (χ0) is 22.3. The zero-order valence-electron chi connectivity index (χ0n) is 18.1. The van der Waals surface area contributed by atoms with E-state index >= 15 is 0 Å². The van der Waals surface area contributed by atoms with E-state index < -0.39 is 0 Å². The van der Waals surface area contributed by atoms with E-state index in [2.05, 4.69) is 9.88 Å². The Kier molecular flexibility index (Phi) is 3.75. The number of pyridine rings is 1. The van der Waals surface area contributed by atoms with Crippen LogP contribution in [0.15, 0.2) is 41.1 Å². The molecule has 1 aromatic carbocycles. The summed E-state index contributed by atoms with van der Waals surface area (Å²) < 4.78 is 25.9. The summed E-state index contributed by atoms with van der Waals surface area (Å²) in [6.45, 7) is 3.50. The van der Waals surface area contributed by atoms with Gasteiger partial charge in [0.25, 0.3) is 0 Å². The second-order valence-electron chi connectivity index (χ2n) is 9.50. The summed E-state index contributed by atoms with van der Waals surface area (Å²) in [5, 5.41) is 0. The third-order valence-electron chi connectivity index (χ3n) is 7.38. The first-order valence-electron chi connectivity index (χ1n) is 11.2. The van der Waals surface area contributed by atoms with Crippen LogP contribution in [-0.2, 0) is 6.42 Å². The van der Waals surface area contributed by atoms with Crippen molar-refractivity contribution in [1.29, 1.82) is 0 Å². The van der Waals surface area contributed by atoms with Crippen molar-refractivity contribution in [1.82, 2.24) is 15.0 Å². The van der Waals surface area contributed by atoms with E-state index in [0.717, 1.165) is 58.7 Å². The molecular formula is C25H22FN5O2. The number of benzene rings is 1. The van der Waals surface area contributed by atoms with Crippen LogP contribution in [0, 0.1) is 18.2 Å². The molecule has 0 unspecified atom stereocenters. The largest absolute Gasteiger partial charge is 0.463 e. The van der Waals surface area contributed by atoms with Crippen molar-refractivity contribution in [3.8, 4) is 22.9 Å². The Hall–Kier alpha value is -3.52. The van der Waals surface area contributed by atoms with E-state index in [1.807, 2.05) is 6.92 Å². The molecule has 33 heavy (non-hydrogen) atoms. The van der Waals surface area contributed by atoms with Gasteiger partial charge in [-0.05, 0) is 48.6 Å². The quantitative estimate of drug-likeness (QED) is 0.443. The van der Waals surface area contributed by atoms with Gasteiger partial charge < -0.3 is 19.8 Å². The molecule has 2 fully saturated rings. The van der Waals surface area contributed by atoms with Crippen molar-refractivity contribution in [2.75, 3.05) is 18.0 Å². The molecular weight excluding hydrogens is 421 g/mol. The van der Waals surface area contributed by atoms with Gasteiger partial charge in [-0.1, -0.05) is 0 Å². The van der Waals surface area contributed by atoms with Gasteiger partial charge in [0.15, 0.2) is 11.3 Å². The van der Waals surface area contributed by atoms with E-state index in [0.29, 0.717) is 24.3 Å². The fourth-order valence-electron chi connectivity index (χ4n) is 5.38. The number of anilines is 1. The standard InChI is InChI=1S/C25H22FN5O2/c1-13-6-14(26)7-17-16(13)9-19-22(17)23(31-11-21(27)25(12-31)3-4-25)30-24(29-19)33-15-8-20-18(28-10-15)2-5-32-20/h2,5-8,10,21H,3-4,9,11-12,27H2,1H3/t21-/m0/s1. The van der Waals surface area contributed by atoms with Crippen molar-refractivity contribution in [2.45, 2.75) is 32.2 Å². The molecule has 1 saturated carbocycles. The summed E-state index contributed by atoms with van der Waals surface area (Å²) >= 11 is 0. The third-order valence-corrected chi connectivity index (χ3v) is 7.38. The van der Waals surface area contributed by atoms with Crippen molar-refractivity contribution >= 4 is 16.9 Å². The van der Waals surface area contributed by atoms with Crippen molar-refractivity contribution < 1.29 is 13.5 Å². The lowest BCUT2D eigenvalue weighted by Crippen LogP contribution is -2.30. The van der Waals surface area contributed by atoms with Crippen LogP contribution in [0.3, 0.4) is 0 Å². The number of aryl methyl sites for hydroxylation is 1. The minimum Gasteiger partial charge on any atom is -0.463 e. The van der Waals surface area contributed by atoms with Gasteiger partial charge in [0, 0.05) is 48.7 Å². The maximum absolute atomic E-state index is 14.4. The van der Waals surface area contributed by atoms with Crippen LogP contribution >= 0.6 is 0 Å². The first-order chi connectivity index (χ1) is 16.0. The Bertz CT molecular complexity index is 1440. The highest BCUT2D eigenvalue weighted by atomic mass is 19.1. The number of aromatic nitrogens is 3. The van der Waals surface area contributed by atoms with Gasteiger partial charge in [-0.25, -0.2) is 9.37 Å². The Morgan fingerprint density at radius 3 is 2.94 bits per heavy atom. The normalized spacial score (nSPS) is 19.8. The molecule has 2 aliphatic carbocycles. The number of hydrogen-bond acceptors (Lipinski definition) is 7. The number of furan rings is 1. The minimum absolute atomic E-state index is 0.105. The van der Waals surface area contributed by atoms with E-state index in [4.69, 9.17) is 24.9 Å². The molecule has 1 spiro atoms. The number of ether oxygens (including phenoxy) is 1. The van der Waals surface area contributed by atoms with Crippen LogP contribution in [0.5, 0.6) is 11.8 Å². The van der Waals surface area contributed by atoms with Crippen molar-refractivity contribution in [3.63, 3.8) is 0 Å². The summed E-state index contributed by atoms with van der Waals surface area (Å²) in [4.78, 5) is 16.2. The number of nitrogens with two attached hydrogens (primary N) is 1. The molecule has 7 nitrogen and oxygen atoms in total. The molecule has 1 atom stereocenters. The number of hydrogen-bond donors (Lipinski definition) is 1. The maximum atomic E-state index is 14.4. The van der Waals surface area contributed by atoms with Gasteiger partial charge in [-0.15, -0.1) is 0 Å². The second-order valence-corrected chi connectivity index (χ2v) is 9.50. The van der Waals surface area contributed by atoms with Crippen LogP contribution in [0.1, 0.15) is 29.7 Å². The van der Waals surface area contributed by atoms with Gasteiger partial charge in [-0.3, -0.25) is 0 Å². The summed E-state index contributed by atoms with van der Waals surface area (Å²) in [5.74, 6) is 1.02. The van der Waals surface area contributed by atoms with Crippen LogP contribution in [-0.4, -0.2) is 34.1 Å². The van der Waals surface area contributed by atoms with Crippen LogP contribution < -0.4 is 15.4 Å². The fraction of sp³-hybridized carbons (Fsp3) is 0.320. The number of fused-ring (bicyclic) bond motifs is 4. The van der Waals surface area contributed by atoms with Crippen LogP contribution in [0.25, 0.3) is 22.2 Å². The highest BCUT2D eigenvalue weighted by Crippen LogP contribution is 2.54. The molecule has 3 aromatic heterocycles. The highest BCUT2D eigenvalue weighted by molar-refractivity contribution is 5.86. The van der Waals surface area contributed by atoms with Gasteiger partial charge in [0.05, 0.1) is 18.2 Å². The Labute approximate surface area is 189 Å². The molecule has 1 saturated heterocycles.